The highest BCUT2D eigenvalue weighted by Crippen LogP contribution is 2.29. The zero-order chi connectivity index (χ0) is 17.3. The fraction of sp³-hybridized carbons (Fsp3) is 0.312. The van der Waals surface area contributed by atoms with Gasteiger partial charge in [-0.2, -0.15) is 4.98 Å². The quantitative estimate of drug-likeness (QED) is 0.834. The Bertz CT molecular complexity index is 839. The number of amides is 1. The van der Waals surface area contributed by atoms with Crippen LogP contribution in [0.4, 0.5) is 10.2 Å². The molecule has 0 radical (unpaired) electrons. The highest BCUT2D eigenvalue weighted by molar-refractivity contribution is 9.10. The second kappa shape index (κ2) is 6.72. The lowest BCUT2D eigenvalue weighted by Crippen LogP contribution is -2.34. The Labute approximate surface area is 146 Å². The van der Waals surface area contributed by atoms with Crippen LogP contribution in [0.3, 0.4) is 0 Å². The lowest BCUT2D eigenvalue weighted by Gasteiger charge is -2.15. The van der Waals surface area contributed by atoms with Crippen molar-refractivity contribution in [2.75, 3.05) is 5.73 Å². The van der Waals surface area contributed by atoms with Crippen molar-refractivity contribution in [2.45, 2.75) is 31.3 Å². The predicted octanol–water partition coefficient (Wildman–Crippen LogP) is 2.25. The van der Waals surface area contributed by atoms with E-state index >= 15 is 0 Å². The van der Waals surface area contributed by atoms with Gasteiger partial charge in [0, 0.05) is 28.3 Å². The minimum atomic E-state index is -0.712. The first-order valence-corrected chi connectivity index (χ1v) is 8.34. The molecule has 1 saturated carbocycles. The molecule has 3 N–H and O–H groups in total. The maximum atomic E-state index is 13.6. The summed E-state index contributed by atoms with van der Waals surface area (Å²) in [4.78, 5) is 27.6. The van der Waals surface area contributed by atoms with Crippen molar-refractivity contribution in [1.82, 2.24) is 14.9 Å². The van der Waals surface area contributed by atoms with Crippen molar-refractivity contribution in [3.8, 4) is 0 Å². The SMILES string of the molecule is Nc1nc(=O)n(C2CCC(NC(=O)c3cccc(Br)c3)C2)cc1F. The summed E-state index contributed by atoms with van der Waals surface area (Å²) in [6, 6.07) is 6.83. The van der Waals surface area contributed by atoms with Gasteiger partial charge < -0.3 is 11.1 Å². The number of nitrogens with zero attached hydrogens (tertiary/aromatic N) is 2. The summed E-state index contributed by atoms with van der Waals surface area (Å²) in [5, 5.41) is 2.95. The van der Waals surface area contributed by atoms with Gasteiger partial charge in [0.05, 0.1) is 0 Å². The molecule has 1 fully saturated rings. The molecule has 2 unspecified atom stereocenters. The van der Waals surface area contributed by atoms with Crippen molar-refractivity contribution in [1.29, 1.82) is 0 Å². The predicted molar refractivity (Wildman–Crippen MR) is 91.2 cm³/mol. The molecule has 1 heterocycles. The molecular weight excluding hydrogens is 379 g/mol. The Hall–Kier alpha value is -2.22. The van der Waals surface area contributed by atoms with Crippen LogP contribution in [0.2, 0.25) is 0 Å². The van der Waals surface area contributed by atoms with E-state index in [1.54, 1.807) is 18.2 Å². The normalized spacial score (nSPS) is 20.1. The Balaban J connectivity index is 1.69. The molecule has 1 aromatic carbocycles. The number of halogens is 2. The van der Waals surface area contributed by atoms with E-state index in [4.69, 9.17) is 5.73 Å². The molecule has 126 valence electrons. The van der Waals surface area contributed by atoms with Crippen molar-refractivity contribution in [2.24, 2.45) is 0 Å². The zero-order valence-electron chi connectivity index (χ0n) is 12.7. The van der Waals surface area contributed by atoms with Gasteiger partial charge in [-0.1, -0.05) is 22.0 Å². The summed E-state index contributed by atoms with van der Waals surface area (Å²) in [5.74, 6) is -1.28. The maximum absolute atomic E-state index is 13.6. The molecule has 2 atom stereocenters. The second-order valence-corrected chi connectivity index (χ2v) is 6.73. The van der Waals surface area contributed by atoms with Crippen LogP contribution in [0.5, 0.6) is 0 Å². The lowest BCUT2D eigenvalue weighted by molar-refractivity contribution is 0.0937. The summed E-state index contributed by atoms with van der Waals surface area (Å²) in [7, 11) is 0. The first kappa shape index (κ1) is 16.6. The number of nitrogen functional groups attached to an aromatic ring is 1. The van der Waals surface area contributed by atoms with Gasteiger partial charge in [-0.15, -0.1) is 0 Å². The van der Waals surface area contributed by atoms with Crippen molar-refractivity contribution < 1.29 is 9.18 Å². The van der Waals surface area contributed by atoms with Gasteiger partial charge in [-0.25, -0.2) is 9.18 Å². The summed E-state index contributed by atoms with van der Waals surface area (Å²) < 4.78 is 15.6. The van der Waals surface area contributed by atoms with Gasteiger partial charge in [-0.3, -0.25) is 9.36 Å². The summed E-state index contributed by atoms with van der Waals surface area (Å²) in [5.41, 5.74) is 5.29. The molecular formula is C16H16BrFN4O2. The number of nitrogens with two attached hydrogens (primary N) is 1. The number of rotatable bonds is 3. The molecule has 2 aromatic rings. The first-order valence-electron chi connectivity index (χ1n) is 7.54. The topological polar surface area (TPSA) is 90.0 Å². The number of hydrogen-bond donors (Lipinski definition) is 2. The highest BCUT2D eigenvalue weighted by atomic mass is 79.9. The monoisotopic (exact) mass is 394 g/mol. The third-order valence-corrected chi connectivity index (χ3v) is 4.65. The molecule has 1 aromatic heterocycles. The zero-order valence-corrected chi connectivity index (χ0v) is 14.3. The maximum Gasteiger partial charge on any atom is 0.349 e. The minimum Gasteiger partial charge on any atom is -0.381 e. The Morgan fingerprint density at radius 1 is 1.42 bits per heavy atom. The van der Waals surface area contributed by atoms with Crippen LogP contribution in [0.1, 0.15) is 35.7 Å². The fourth-order valence-corrected chi connectivity index (χ4v) is 3.36. The second-order valence-electron chi connectivity index (χ2n) is 5.81. The van der Waals surface area contributed by atoms with Crippen molar-refractivity contribution in [3.05, 3.63) is 56.8 Å². The number of carbonyl (C=O) groups excluding carboxylic acids is 1. The van der Waals surface area contributed by atoms with Crippen LogP contribution in [-0.2, 0) is 0 Å². The largest absolute Gasteiger partial charge is 0.381 e. The molecule has 0 saturated heterocycles. The molecule has 1 aliphatic carbocycles. The van der Waals surface area contributed by atoms with Crippen LogP contribution < -0.4 is 16.7 Å². The molecule has 1 aliphatic rings. The van der Waals surface area contributed by atoms with Gasteiger partial charge in [-0.05, 0) is 37.5 Å². The van der Waals surface area contributed by atoms with E-state index < -0.39 is 17.3 Å². The van der Waals surface area contributed by atoms with Crippen LogP contribution in [0, 0.1) is 5.82 Å². The van der Waals surface area contributed by atoms with Gasteiger partial charge in [0.15, 0.2) is 11.6 Å². The Kier molecular flexibility index (Phi) is 4.66. The average Bonchev–Trinajstić information content (AvgIpc) is 2.99. The molecule has 6 nitrogen and oxygen atoms in total. The standard InChI is InChI=1S/C16H16BrFN4O2/c17-10-3-1-2-9(6-10)15(23)20-11-4-5-12(7-11)22-8-13(18)14(19)21-16(22)24/h1-3,6,8,11-12H,4-5,7H2,(H,20,23)(H2,19,21,24). The Morgan fingerprint density at radius 2 is 2.21 bits per heavy atom. The summed E-state index contributed by atoms with van der Waals surface area (Å²) in [6.45, 7) is 0. The van der Waals surface area contributed by atoms with Crippen LogP contribution in [-0.4, -0.2) is 21.5 Å². The third kappa shape index (κ3) is 3.48. The van der Waals surface area contributed by atoms with E-state index in [0.717, 1.165) is 10.7 Å². The first-order chi connectivity index (χ1) is 11.4. The van der Waals surface area contributed by atoms with Gasteiger partial charge in [0.1, 0.15) is 0 Å². The van der Waals surface area contributed by atoms with Gasteiger partial charge in [0.2, 0.25) is 0 Å². The third-order valence-electron chi connectivity index (χ3n) is 4.15. The fourth-order valence-electron chi connectivity index (χ4n) is 2.96. The Morgan fingerprint density at radius 3 is 2.96 bits per heavy atom. The van der Waals surface area contributed by atoms with E-state index in [0.29, 0.717) is 24.8 Å². The number of carbonyl (C=O) groups is 1. The van der Waals surface area contributed by atoms with Crippen LogP contribution in [0.25, 0.3) is 0 Å². The molecule has 1 amide bonds. The molecule has 24 heavy (non-hydrogen) atoms. The van der Waals surface area contributed by atoms with Gasteiger partial charge >= 0.3 is 5.69 Å². The van der Waals surface area contributed by atoms with E-state index in [1.807, 2.05) is 6.07 Å². The van der Waals surface area contributed by atoms with Crippen molar-refractivity contribution in [3.63, 3.8) is 0 Å². The number of benzene rings is 1. The number of anilines is 1. The summed E-state index contributed by atoms with van der Waals surface area (Å²) in [6.07, 6.45) is 3.01. The van der Waals surface area contributed by atoms with Crippen molar-refractivity contribution >= 4 is 27.7 Å². The minimum absolute atomic E-state index is 0.0750. The number of aromatic nitrogens is 2. The van der Waals surface area contributed by atoms with E-state index in [2.05, 4.69) is 26.2 Å². The molecule has 0 aliphatic heterocycles. The molecule has 3 rings (SSSR count). The smallest absolute Gasteiger partial charge is 0.349 e. The molecule has 8 heteroatoms. The average molecular weight is 395 g/mol. The molecule has 0 bridgehead atoms. The van der Waals surface area contributed by atoms with Crippen LogP contribution >= 0.6 is 15.9 Å². The van der Waals surface area contributed by atoms with E-state index in [9.17, 15) is 14.0 Å². The van der Waals surface area contributed by atoms with E-state index in [-0.39, 0.29) is 18.0 Å². The molecule has 0 spiro atoms. The van der Waals surface area contributed by atoms with Crippen LogP contribution in [0.15, 0.2) is 39.7 Å². The van der Waals surface area contributed by atoms with Gasteiger partial charge in [0.25, 0.3) is 5.91 Å². The number of hydrogen-bond acceptors (Lipinski definition) is 4. The highest BCUT2D eigenvalue weighted by Gasteiger charge is 2.28. The number of nitrogens with one attached hydrogen (secondary N) is 1. The lowest BCUT2D eigenvalue weighted by atomic mass is 10.2. The van der Waals surface area contributed by atoms with E-state index in [1.165, 1.54) is 4.57 Å². The summed E-state index contributed by atoms with van der Waals surface area (Å²) >= 11 is 3.33.